The largest absolute Gasteiger partial charge is 0.573 e. The van der Waals surface area contributed by atoms with E-state index in [1.165, 1.54) is 0 Å². The summed E-state index contributed by atoms with van der Waals surface area (Å²) >= 11 is 2.93. The van der Waals surface area contributed by atoms with Crippen molar-refractivity contribution in [2.24, 2.45) is 0 Å². The Bertz CT molecular complexity index is 411. The molecule has 0 saturated heterocycles. The van der Waals surface area contributed by atoms with Crippen molar-refractivity contribution in [2.45, 2.75) is 18.6 Å². The smallest absolute Gasteiger partial charge is 0.507 e. The maximum atomic E-state index is 11.9. The molecule has 0 saturated carbocycles. The molecule has 0 amide bonds. The normalized spacial score (nSPS) is 15.2. The van der Waals surface area contributed by atoms with Crippen molar-refractivity contribution in [3.05, 3.63) is 23.8 Å². The van der Waals surface area contributed by atoms with E-state index in [9.17, 15) is 28.5 Å². The Morgan fingerprint density at radius 2 is 1.89 bits per heavy atom. The maximum Gasteiger partial charge on any atom is 0.573 e. The van der Waals surface area contributed by atoms with Crippen molar-refractivity contribution in [1.82, 2.24) is 0 Å². The first-order valence-corrected chi connectivity index (χ1v) is 5.87. The molecule has 1 aromatic carbocycles. The number of rotatable bonds is 4. The first kappa shape index (κ1) is 15.1. The molecule has 0 bridgehead atoms. The van der Waals surface area contributed by atoms with Gasteiger partial charge in [-0.25, -0.2) is 0 Å². The summed E-state index contributed by atoms with van der Waals surface area (Å²) in [5.41, 5.74) is -0.0866. The molecule has 0 aliphatic heterocycles. The number of phenols is 1. The minimum Gasteiger partial charge on any atom is -0.507 e. The van der Waals surface area contributed by atoms with Crippen LogP contribution in [0.2, 0.25) is 0 Å². The van der Waals surface area contributed by atoms with Crippen LogP contribution in [0.3, 0.4) is 0 Å². The van der Waals surface area contributed by atoms with E-state index in [1.54, 1.807) is 0 Å². The highest BCUT2D eigenvalue weighted by Gasteiger charge is 2.31. The van der Waals surface area contributed by atoms with Crippen LogP contribution in [-0.2, 0) is 0 Å². The summed E-state index contributed by atoms with van der Waals surface area (Å²) in [7, 11) is 0. The van der Waals surface area contributed by atoms with Crippen molar-refractivity contribution in [3.8, 4) is 11.5 Å². The van der Waals surface area contributed by atoms with E-state index in [0.29, 0.717) is 6.07 Å². The Balaban J connectivity index is 2.92. The quantitative estimate of drug-likeness (QED) is 0.739. The Morgan fingerprint density at radius 3 is 2.33 bits per heavy atom. The Morgan fingerprint density at radius 1 is 1.28 bits per heavy atom. The monoisotopic (exact) mass is 330 g/mol. The van der Waals surface area contributed by atoms with Crippen LogP contribution >= 0.6 is 15.9 Å². The number of aliphatic hydroxyl groups excluding tert-OH is 2. The highest BCUT2D eigenvalue weighted by molar-refractivity contribution is 9.09. The van der Waals surface area contributed by atoms with Gasteiger partial charge in [0.1, 0.15) is 17.6 Å². The number of hydrogen-bond acceptors (Lipinski definition) is 4. The lowest BCUT2D eigenvalue weighted by atomic mass is 10.0. The summed E-state index contributed by atoms with van der Waals surface area (Å²) in [5, 5.41) is 28.5. The molecule has 0 aliphatic carbocycles. The fourth-order valence-corrected chi connectivity index (χ4v) is 1.62. The van der Waals surface area contributed by atoms with Crippen molar-refractivity contribution in [3.63, 3.8) is 0 Å². The predicted octanol–water partition coefficient (Wildman–Crippen LogP) is 2.08. The number of aliphatic hydroxyl groups is 2. The van der Waals surface area contributed by atoms with E-state index in [-0.39, 0.29) is 10.9 Å². The minimum absolute atomic E-state index is 0.0500. The summed E-state index contributed by atoms with van der Waals surface area (Å²) in [6, 6.07) is 2.70. The van der Waals surface area contributed by atoms with Crippen LogP contribution in [0.15, 0.2) is 18.2 Å². The molecule has 18 heavy (non-hydrogen) atoms. The zero-order chi connectivity index (χ0) is 13.9. The van der Waals surface area contributed by atoms with Gasteiger partial charge in [0.2, 0.25) is 0 Å². The number of phenolic OH excluding ortho intramolecular Hbond substituents is 1. The number of halogens is 4. The Kier molecular flexibility index (Phi) is 4.83. The molecule has 2 atom stereocenters. The third kappa shape index (κ3) is 4.04. The molecule has 2 unspecified atom stereocenters. The zero-order valence-electron chi connectivity index (χ0n) is 8.86. The van der Waals surface area contributed by atoms with Gasteiger partial charge in [0.15, 0.2) is 0 Å². The molecule has 0 fully saturated rings. The lowest BCUT2D eigenvalue weighted by Crippen LogP contribution is -2.20. The summed E-state index contributed by atoms with van der Waals surface area (Å²) in [5.74, 6) is -1.20. The van der Waals surface area contributed by atoms with Crippen molar-refractivity contribution in [2.75, 3.05) is 5.33 Å². The Hall–Kier alpha value is -0.990. The van der Waals surface area contributed by atoms with Gasteiger partial charge in [-0.15, -0.1) is 13.2 Å². The van der Waals surface area contributed by atoms with Crippen molar-refractivity contribution < 1.29 is 33.2 Å². The fourth-order valence-electron chi connectivity index (χ4n) is 1.26. The third-order valence-electron chi connectivity index (χ3n) is 2.08. The Labute approximate surface area is 109 Å². The molecule has 0 aliphatic rings. The van der Waals surface area contributed by atoms with Gasteiger partial charge < -0.3 is 20.1 Å². The predicted molar refractivity (Wildman–Crippen MR) is 59.6 cm³/mol. The number of benzene rings is 1. The topological polar surface area (TPSA) is 69.9 Å². The molecule has 0 heterocycles. The van der Waals surface area contributed by atoms with Gasteiger partial charge >= 0.3 is 6.36 Å². The fraction of sp³-hybridized carbons (Fsp3) is 0.400. The van der Waals surface area contributed by atoms with Gasteiger partial charge in [0.25, 0.3) is 0 Å². The van der Waals surface area contributed by atoms with E-state index >= 15 is 0 Å². The average Bonchev–Trinajstić information content (AvgIpc) is 2.25. The standard InChI is InChI=1S/C10H10BrF3O4/c11-4-8(16)9(17)6-2-1-5(3-7(6)15)18-10(12,13)14/h1-3,8-9,15-17H,4H2. The first-order valence-electron chi connectivity index (χ1n) is 4.75. The third-order valence-corrected chi connectivity index (χ3v) is 2.74. The van der Waals surface area contributed by atoms with Crippen LogP contribution in [0.25, 0.3) is 0 Å². The lowest BCUT2D eigenvalue weighted by molar-refractivity contribution is -0.274. The van der Waals surface area contributed by atoms with E-state index in [1.807, 2.05) is 0 Å². The molecule has 3 N–H and O–H groups in total. The maximum absolute atomic E-state index is 11.9. The van der Waals surface area contributed by atoms with Crippen LogP contribution in [-0.4, -0.2) is 33.1 Å². The molecular weight excluding hydrogens is 321 g/mol. The van der Waals surface area contributed by atoms with E-state index in [2.05, 4.69) is 20.7 Å². The zero-order valence-corrected chi connectivity index (χ0v) is 10.4. The first-order chi connectivity index (χ1) is 8.24. The highest BCUT2D eigenvalue weighted by atomic mass is 79.9. The number of ether oxygens (including phenoxy) is 1. The molecule has 8 heteroatoms. The summed E-state index contributed by atoms with van der Waals surface area (Å²) < 4.78 is 39.3. The SMILES string of the molecule is Oc1cc(OC(F)(F)F)ccc1C(O)C(O)CBr. The van der Waals surface area contributed by atoms with Crippen LogP contribution in [0.1, 0.15) is 11.7 Å². The summed E-state index contributed by atoms with van der Waals surface area (Å²) in [6.07, 6.45) is -7.46. The second kappa shape index (κ2) is 5.77. The van der Waals surface area contributed by atoms with E-state index < -0.39 is 30.1 Å². The van der Waals surface area contributed by atoms with Crippen LogP contribution in [0, 0.1) is 0 Å². The van der Waals surface area contributed by atoms with Gasteiger partial charge in [-0.1, -0.05) is 15.9 Å². The summed E-state index contributed by atoms with van der Waals surface area (Å²) in [4.78, 5) is 0. The molecule has 0 aromatic heterocycles. The molecule has 0 radical (unpaired) electrons. The van der Waals surface area contributed by atoms with Crippen molar-refractivity contribution in [1.29, 1.82) is 0 Å². The highest BCUT2D eigenvalue weighted by Crippen LogP contribution is 2.32. The van der Waals surface area contributed by atoms with Gasteiger partial charge in [-0.2, -0.15) is 0 Å². The molecule has 102 valence electrons. The molecule has 1 aromatic rings. The number of alkyl halides is 4. The second-order valence-electron chi connectivity index (χ2n) is 3.43. The molecular formula is C10H10BrF3O4. The summed E-state index contributed by atoms with van der Waals surface area (Å²) in [6.45, 7) is 0. The van der Waals surface area contributed by atoms with Crippen LogP contribution < -0.4 is 4.74 Å². The average molecular weight is 331 g/mol. The number of hydrogen-bond donors (Lipinski definition) is 3. The number of aromatic hydroxyl groups is 1. The van der Waals surface area contributed by atoms with E-state index in [4.69, 9.17) is 0 Å². The lowest BCUT2D eigenvalue weighted by Gasteiger charge is -2.18. The minimum atomic E-state index is -4.86. The van der Waals surface area contributed by atoms with Gasteiger partial charge in [0.05, 0.1) is 6.10 Å². The van der Waals surface area contributed by atoms with Gasteiger partial charge in [-0.3, -0.25) is 0 Å². The van der Waals surface area contributed by atoms with Gasteiger partial charge in [0, 0.05) is 17.0 Å². The second-order valence-corrected chi connectivity index (χ2v) is 4.08. The van der Waals surface area contributed by atoms with Crippen LogP contribution in [0.5, 0.6) is 11.5 Å². The molecule has 1 rings (SSSR count). The van der Waals surface area contributed by atoms with Crippen molar-refractivity contribution >= 4 is 15.9 Å². The molecule has 4 nitrogen and oxygen atoms in total. The van der Waals surface area contributed by atoms with Gasteiger partial charge in [-0.05, 0) is 12.1 Å². The molecule has 0 spiro atoms. The van der Waals surface area contributed by atoms with Crippen LogP contribution in [0.4, 0.5) is 13.2 Å². The van der Waals surface area contributed by atoms with E-state index in [0.717, 1.165) is 12.1 Å².